The molecule has 0 heterocycles. The zero-order valence-electron chi connectivity index (χ0n) is 11.6. The van der Waals surface area contributed by atoms with E-state index in [1.165, 1.54) is 0 Å². The lowest BCUT2D eigenvalue weighted by atomic mass is 10.0. The van der Waals surface area contributed by atoms with Crippen molar-refractivity contribution in [2.24, 2.45) is 0 Å². The van der Waals surface area contributed by atoms with Crippen molar-refractivity contribution in [2.45, 2.75) is 32.9 Å². The number of benzene rings is 1. The maximum absolute atomic E-state index is 12.1. The average Bonchev–Trinajstić information content (AvgIpc) is 2.38. The normalized spacial score (nSPS) is 12.7. The molecule has 0 aliphatic carbocycles. The summed E-state index contributed by atoms with van der Waals surface area (Å²) in [5, 5.41) is 3.30. The predicted molar refractivity (Wildman–Crippen MR) is 70.7 cm³/mol. The fraction of sp³-hybridized carbons (Fsp3) is 0.571. The second kappa shape index (κ2) is 8.07. The number of rotatable bonds is 8. The van der Waals surface area contributed by atoms with Gasteiger partial charge in [-0.15, -0.1) is 0 Å². The van der Waals surface area contributed by atoms with Gasteiger partial charge in [0.25, 0.3) is 6.43 Å². The van der Waals surface area contributed by atoms with Gasteiger partial charge in [0.2, 0.25) is 0 Å². The molecule has 0 bridgehead atoms. The van der Waals surface area contributed by atoms with Crippen LogP contribution in [0.5, 0.6) is 5.75 Å². The second-order valence-corrected chi connectivity index (χ2v) is 4.26. The summed E-state index contributed by atoms with van der Waals surface area (Å²) in [5.41, 5.74) is 1.86. The Kier molecular flexibility index (Phi) is 6.73. The van der Waals surface area contributed by atoms with E-state index in [2.05, 4.69) is 12.2 Å². The van der Waals surface area contributed by atoms with Crippen LogP contribution in [0.25, 0.3) is 0 Å². The molecule has 0 amide bonds. The monoisotopic (exact) mass is 273 g/mol. The summed E-state index contributed by atoms with van der Waals surface area (Å²) < 4.78 is 34.3. The van der Waals surface area contributed by atoms with Crippen molar-refractivity contribution in [1.82, 2.24) is 5.32 Å². The van der Waals surface area contributed by atoms with E-state index in [0.717, 1.165) is 17.7 Å². The van der Waals surface area contributed by atoms with Gasteiger partial charge in [-0.2, -0.15) is 0 Å². The van der Waals surface area contributed by atoms with Gasteiger partial charge in [0.1, 0.15) is 12.4 Å². The summed E-state index contributed by atoms with van der Waals surface area (Å²) in [7, 11) is 1.55. The van der Waals surface area contributed by atoms with Gasteiger partial charge in [0.05, 0.1) is 13.7 Å². The zero-order chi connectivity index (χ0) is 14.3. The SMILES string of the molecule is CCNC(C)c1ccc(OC)c(COCC(F)F)c1. The lowest BCUT2D eigenvalue weighted by Gasteiger charge is -2.16. The lowest BCUT2D eigenvalue weighted by molar-refractivity contribution is 0.00930. The molecular formula is C14H21F2NO2. The van der Waals surface area contributed by atoms with E-state index in [4.69, 9.17) is 9.47 Å². The van der Waals surface area contributed by atoms with Crippen molar-refractivity contribution >= 4 is 0 Å². The molecule has 1 N–H and O–H groups in total. The molecule has 0 spiro atoms. The van der Waals surface area contributed by atoms with E-state index < -0.39 is 13.0 Å². The van der Waals surface area contributed by atoms with Crippen LogP contribution in [-0.4, -0.2) is 26.7 Å². The van der Waals surface area contributed by atoms with E-state index in [1.54, 1.807) is 7.11 Å². The Morgan fingerprint density at radius 2 is 2.05 bits per heavy atom. The van der Waals surface area contributed by atoms with Crippen molar-refractivity contribution in [3.05, 3.63) is 29.3 Å². The fourth-order valence-corrected chi connectivity index (χ4v) is 1.86. The zero-order valence-corrected chi connectivity index (χ0v) is 11.6. The Morgan fingerprint density at radius 1 is 1.32 bits per heavy atom. The molecule has 3 nitrogen and oxygen atoms in total. The van der Waals surface area contributed by atoms with Gasteiger partial charge in [-0.3, -0.25) is 0 Å². The van der Waals surface area contributed by atoms with Crippen LogP contribution in [0.15, 0.2) is 18.2 Å². The minimum atomic E-state index is -2.45. The largest absolute Gasteiger partial charge is 0.496 e. The molecule has 1 unspecified atom stereocenters. The van der Waals surface area contributed by atoms with Gasteiger partial charge in [0.15, 0.2) is 0 Å². The van der Waals surface area contributed by atoms with E-state index in [1.807, 2.05) is 25.1 Å². The molecule has 0 saturated heterocycles. The molecule has 19 heavy (non-hydrogen) atoms. The average molecular weight is 273 g/mol. The van der Waals surface area contributed by atoms with Crippen LogP contribution in [0.2, 0.25) is 0 Å². The smallest absolute Gasteiger partial charge is 0.261 e. The summed E-state index contributed by atoms with van der Waals surface area (Å²) in [6.45, 7) is 4.52. The van der Waals surface area contributed by atoms with Crippen LogP contribution in [0.4, 0.5) is 8.78 Å². The van der Waals surface area contributed by atoms with Gasteiger partial charge in [-0.1, -0.05) is 13.0 Å². The fourth-order valence-electron chi connectivity index (χ4n) is 1.86. The van der Waals surface area contributed by atoms with E-state index in [0.29, 0.717) is 5.75 Å². The standard InChI is InChI=1S/C14H21F2NO2/c1-4-17-10(2)11-5-6-13(18-3)12(7-11)8-19-9-14(15)16/h5-7,10,14,17H,4,8-9H2,1-3H3. The summed E-state index contributed by atoms with van der Waals surface area (Å²) in [6.07, 6.45) is -2.45. The lowest BCUT2D eigenvalue weighted by Crippen LogP contribution is -2.18. The molecule has 1 atom stereocenters. The number of alkyl halides is 2. The molecule has 1 rings (SSSR count). The number of ether oxygens (including phenoxy) is 2. The highest BCUT2D eigenvalue weighted by molar-refractivity contribution is 5.38. The number of halogens is 2. The molecule has 1 aromatic rings. The van der Waals surface area contributed by atoms with Crippen LogP contribution >= 0.6 is 0 Å². The summed E-state index contributed by atoms with van der Waals surface area (Å²) in [5.74, 6) is 0.654. The van der Waals surface area contributed by atoms with Gasteiger partial charge in [-0.05, 0) is 31.2 Å². The predicted octanol–water partition coefficient (Wildman–Crippen LogP) is 3.15. The first-order chi connectivity index (χ1) is 9.08. The maximum atomic E-state index is 12.1. The third-order valence-corrected chi connectivity index (χ3v) is 2.82. The van der Waals surface area contributed by atoms with Crippen LogP contribution < -0.4 is 10.1 Å². The minimum Gasteiger partial charge on any atom is -0.496 e. The van der Waals surface area contributed by atoms with Crippen molar-refractivity contribution in [3.63, 3.8) is 0 Å². The van der Waals surface area contributed by atoms with Crippen LogP contribution in [-0.2, 0) is 11.3 Å². The summed E-state index contributed by atoms with van der Waals surface area (Å²) in [6, 6.07) is 5.93. The Balaban J connectivity index is 2.77. The Hall–Kier alpha value is -1.20. The third kappa shape index (κ3) is 5.12. The highest BCUT2D eigenvalue weighted by Crippen LogP contribution is 2.24. The quantitative estimate of drug-likeness (QED) is 0.789. The number of hydrogen-bond donors (Lipinski definition) is 1. The molecule has 0 aromatic heterocycles. The molecular weight excluding hydrogens is 252 g/mol. The first-order valence-corrected chi connectivity index (χ1v) is 6.34. The van der Waals surface area contributed by atoms with Crippen molar-refractivity contribution in [2.75, 3.05) is 20.3 Å². The van der Waals surface area contributed by atoms with E-state index in [9.17, 15) is 8.78 Å². The van der Waals surface area contributed by atoms with Crippen LogP contribution in [0, 0.1) is 0 Å². The Bertz CT molecular complexity index is 386. The maximum Gasteiger partial charge on any atom is 0.261 e. The van der Waals surface area contributed by atoms with Gasteiger partial charge in [-0.25, -0.2) is 8.78 Å². The first-order valence-electron chi connectivity index (χ1n) is 6.34. The topological polar surface area (TPSA) is 30.5 Å². The highest BCUT2D eigenvalue weighted by Gasteiger charge is 2.10. The Morgan fingerprint density at radius 3 is 2.63 bits per heavy atom. The van der Waals surface area contributed by atoms with Crippen LogP contribution in [0.3, 0.4) is 0 Å². The van der Waals surface area contributed by atoms with Gasteiger partial charge >= 0.3 is 0 Å². The second-order valence-electron chi connectivity index (χ2n) is 4.26. The van der Waals surface area contributed by atoms with Gasteiger partial charge < -0.3 is 14.8 Å². The Labute approximate surface area is 112 Å². The van der Waals surface area contributed by atoms with Crippen molar-refractivity contribution in [1.29, 1.82) is 0 Å². The third-order valence-electron chi connectivity index (χ3n) is 2.82. The first kappa shape index (κ1) is 15.9. The number of methoxy groups -OCH3 is 1. The number of hydrogen-bond acceptors (Lipinski definition) is 3. The minimum absolute atomic E-state index is 0.125. The molecule has 0 fully saturated rings. The molecule has 108 valence electrons. The van der Waals surface area contributed by atoms with Crippen LogP contribution in [0.1, 0.15) is 31.0 Å². The van der Waals surface area contributed by atoms with Crippen molar-refractivity contribution in [3.8, 4) is 5.75 Å². The highest BCUT2D eigenvalue weighted by atomic mass is 19.3. The molecule has 0 aliphatic rings. The van der Waals surface area contributed by atoms with E-state index in [-0.39, 0.29) is 12.6 Å². The molecule has 0 saturated carbocycles. The summed E-state index contributed by atoms with van der Waals surface area (Å²) in [4.78, 5) is 0. The number of nitrogens with one attached hydrogen (secondary N) is 1. The molecule has 0 radical (unpaired) electrons. The molecule has 5 heteroatoms. The molecule has 1 aromatic carbocycles. The summed E-state index contributed by atoms with van der Waals surface area (Å²) >= 11 is 0. The van der Waals surface area contributed by atoms with Gasteiger partial charge in [0, 0.05) is 11.6 Å². The van der Waals surface area contributed by atoms with E-state index >= 15 is 0 Å². The van der Waals surface area contributed by atoms with Crippen molar-refractivity contribution < 1.29 is 18.3 Å². The molecule has 0 aliphatic heterocycles.